The second-order valence-corrected chi connectivity index (χ2v) is 15.5. The van der Waals surface area contributed by atoms with E-state index in [0.29, 0.717) is 29.9 Å². The standard InChI is InChI=1S/C41H51NO4/c1-3-11-34-40-32-22-21-29-26(2)12-7-18-30(29)31(32)23-24-39(40,35(45-38(40)44)20-8-15-27-13-5-4-6-14-27)41(34)33-19-9-16-28(17-10-25-42)36(33)37(43)46-41/h7,9,16,18-22,26-27,29-30,34H,3-6,8,10-15,17,23-25,42H2,1-2H3. The average molecular weight is 622 g/mol. The predicted octanol–water partition coefficient (Wildman–Crippen LogP) is 8.64. The van der Waals surface area contributed by atoms with Crippen molar-refractivity contribution in [3.8, 4) is 0 Å². The Balaban J connectivity index is 1.32. The van der Waals surface area contributed by atoms with E-state index in [9.17, 15) is 9.59 Å². The minimum Gasteiger partial charge on any atom is -0.449 e. The van der Waals surface area contributed by atoms with Gasteiger partial charge in [-0.3, -0.25) is 4.79 Å². The van der Waals surface area contributed by atoms with Crippen LogP contribution in [-0.2, 0) is 26.3 Å². The molecule has 1 aromatic carbocycles. The van der Waals surface area contributed by atoms with E-state index in [0.717, 1.165) is 80.6 Å². The van der Waals surface area contributed by atoms with Crippen molar-refractivity contribution < 1.29 is 19.1 Å². The molecule has 2 N–H and O–H groups in total. The summed E-state index contributed by atoms with van der Waals surface area (Å²) in [6, 6.07) is 6.27. The third-order valence-corrected chi connectivity index (χ3v) is 13.5. The van der Waals surface area contributed by atoms with E-state index >= 15 is 0 Å². The number of hydrogen-bond acceptors (Lipinski definition) is 5. The first kappa shape index (κ1) is 30.4. The largest absolute Gasteiger partial charge is 0.449 e. The molecule has 5 aliphatic carbocycles. The molecule has 7 unspecified atom stereocenters. The van der Waals surface area contributed by atoms with Crippen molar-refractivity contribution >= 4 is 11.9 Å². The average Bonchev–Trinajstić information content (AvgIpc) is 3.52. The lowest BCUT2D eigenvalue weighted by Crippen LogP contribution is -2.76. The maximum atomic E-state index is 14.9. The number of hydrogen-bond donors (Lipinski definition) is 1. The monoisotopic (exact) mass is 621 g/mol. The van der Waals surface area contributed by atoms with Crippen LogP contribution in [0.2, 0.25) is 0 Å². The van der Waals surface area contributed by atoms with Gasteiger partial charge in [-0.1, -0.05) is 100 Å². The molecule has 5 nitrogen and oxygen atoms in total. The lowest BCUT2D eigenvalue weighted by Gasteiger charge is -2.71. The second-order valence-electron chi connectivity index (χ2n) is 15.5. The summed E-state index contributed by atoms with van der Waals surface area (Å²) in [4.78, 5) is 29.0. The lowest BCUT2D eigenvalue weighted by molar-refractivity contribution is -0.275. The zero-order valence-corrected chi connectivity index (χ0v) is 27.8. The fourth-order valence-corrected chi connectivity index (χ4v) is 11.7. The molecule has 2 saturated carbocycles. The third kappa shape index (κ3) is 3.78. The molecule has 0 bridgehead atoms. The molecule has 244 valence electrons. The Morgan fingerprint density at radius 1 is 1.09 bits per heavy atom. The molecule has 1 aromatic rings. The van der Waals surface area contributed by atoms with Crippen LogP contribution < -0.4 is 5.73 Å². The molecule has 3 fully saturated rings. The number of carbonyl (C=O) groups is 2. The molecule has 0 radical (unpaired) electrons. The van der Waals surface area contributed by atoms with Crippen LogP contribution in [0.4, 0.5) is 0 Å². The van der Waals surface area contributed by atoms with Crippen molar-refractivity contribution in [2.75, 3.05) is 6.54 Å². The van der Waals surface area contributed by atoms with Gasteiger partial charge in [0.2, 0.25) is 0 Å². The number of ether oxygens (including phenoxy) is 2. The Labute approximate surface area is 274 Å². The molecular weight excluding hydrogens is 570 g/mol. The zero-order chi connectivity index (χ0) is 31.7. The highest BCUT2D eigenvalue weighted by molar-refractivity contribution is 6.00. The van der Waals surface area contributed by atoms with E-state index < -0.39 is 16.4 Å². The molecule has 0 aromatic heterocycles. The third-order valence-electron chi connectivity index (χ3n) is 13.5. The minimum atomic E-state index is -0.921. The van der Waals surface area contributed by atoms with Gasteiger partial charge in [-0.2, -0.15) is 0 Å². The summed E-state index contributed by atoms with van der Waals surface area (Å²) in [6.07, 6.45) is 26.3. The Morgan fingerprint density at radius 2 is 1.93 bits per heavy atom. The molecule has 0 amide bonds. The van der Waals surface area contributed by atoms with Crippen LogP contribution in [0.25, 0.3) is 0 Å². The van der Waals surface area contributed by atoms with Crippen molar-refractivity contribution in [2.45, 2.75) is 109 Å². The molecule has 1 saturated heterocycles. The van der Waals surface area contributed by atoms with E-state index in [1.807, 2.05) is 0 Å². The number of fused-ring (bicyclic) bond motifs is 4. The number of carbonyl (C=O) groups excluding carboxylic acids is 2. The van der Waals surface area contributed by atoms with Gasteiger partial charge in [0.15, 0.2) is 5.60 Å². The van der Waals surface area contributed by atoms with Crippen molar-refractivity contribution in [3.63, 3.8) is 0 Å². The second kappa shape index (κ2) is 11.4. The number of esters is 2. The smallest absolute Gasteiger partial charge is 0.339 e. The Bertz CT molecular complexity index is 1560. The number of benzene rings is 1. The van der Waals surface area contributed by atoms with Crippen LogP contribution in [-0.4, -0.2) is 18.5 Å². The molecule has 5 heteroatoms. The normalized spacial score (nSPS) is 38.2. The maximum absolute atomic E-state index is 14.9. The molecule has 2 aliphatic heterocycles. The van der Waals surface area contributed by atoms with Crippen molar-refractivity contribution in [1.29, 1.82) is 0 Å². The quantitative estimate of drug-likeness (QED) is 0.232. The summed E-state index contributed by atoms with van der Waals surface area (Å²) in [5.41, 5.74) is 8.71. The van der Waals surface area contributed by atoms with Crippen molar-refractivity contribution in [2.24, 2.45) is 46.2 Å². The van der Waals surface area contributed by atoms with Gasteiger partial charge in [0.1, 0.15) is 11.2 Å². The van der Waals surface area contributed by atoms with Crippen LogP contribution in [0, 0.1) is 40.4 Å². The highest BCUT2D eigenvalue weighted by Crippen LogP contribution is 2.86. The van der Waals surface area contributed by atoms with Crippen LogP contribution in [0.1, 0.15) is 119 Å². The van der Waals surface area contributed by atoms with Crippen LogP contribution in [0.15, 0.2) is 65.5 Å². The van der Waals surface area contributed by atoms with E-state index in [1.54, 1.807) is 0 Å². The van der Waals surface area contributed by atoms with Gasteiger partial charge < -0.3 is 15.2 Å². The maximum Gasteiger partial charge on any atom is 0.339 e. The predicted molar refractivity (Wildman–Crippen MR) is 179 cm³/mol. The van der Waals surface area contributed by atoms with Gasteiger partial charge in [-0.05, 0) is 92.9 Å². The first-order valence-corrected chi connectivity index (χ1v) is 18.5. The van der Waals surface area contributed by atoms with Crippen LogP contribution in [0.3, 0.4) is 0 Å². The number of rotatable bonds is 8. The first-order chi connectivity index (χ1) is 22.5. The molecule has 2 heterocycles. The van der Waals surface area contributed by atoms with Gasteiger partial charge in [-0.15, -0.1) is 0 Å². The van der Waals surface area contributed by atoms with E-state index in [1.165, 1.54) is 43.3 Å². The molecule has 1 spiro atoms. The van der Waals surface area contributed by atoms with Gasteiger partial charge in [0, 0.05) is 17.4 Å². The molecular formula is C41H51NO4. The highest BCUT2D eigenvalue weighted by atomic mass is 16.6. The van der Waals surface area contributed by atoms with Crippen molar-refractivity contribution in [1.82, 2.24) is 0 Å². The summed E-state index contributed by atoms with van der Waals surface area (Å²) < 4.78 is 13.5. The number of aryl methyl sites for hydroxylation is 1. The first-order valence-electron chi connectivity index (χ1n) is 18.5. The Morgan fingerprint density at radius 3 is 2.74 bits per heavy atom. The fraction of sp³-hybridized carbons (Fsp3) is 0.610. The van der Waals surface area contributed by atoms with Gasteiger partial charge in [-0.25, -0.2) is 4.79 Å². The molecule has 7 atom stereocenters. The number of allylic oxidation sites excluding steroid dienone is 6. The Kier molecular flexibility index (Phi) is 7.51. The molecule has 46 heavy (non-hydrogen) atoms. The van der Waals surface area contributed by atoms with Gasteiger partial charge >= 0.3 is 11.9 Å². The van der Waals surface area contributed by atoms with E-state index in [4.69, 9.17) is 15.2 Å². The molecule has 7 aliphatic rings. The zero-order valence-electron chi connectivity index (χ0n) is 27.8. The fourth-order valence-electron chi connectivity index (χ4n) is 11.7. The summed E-state index contributed by atoms with van der Waals surface area (Å²) in [5.74, 6) is 2.33. The van der Waals surface area contributed by atoms with Gasteiger partial charge in [0.25, 0.3) is 0 Å². The van der Waals surface area contributed by atoms with Crippen LogP contribution >= 0.6 is 0 Å². The molecule has 8 rings (SSSR count). The van der Waals surface area contributed by atoms with Gasteiger partial charge in [0.05, 0.1) is 11.0 Å². The number of cyclic esters (lactones) is 1. The lowest BCUT2D eigenvalue weighted by atomic mass is 9.29. The van der Waals surface area contributed by atoms with E-state index in [-0.39, 0.29) is 17.9 Å². The number of nitrogens with two attached hydrogens (primary N) is 1. The topological polar surface area (TPSA) is 78.6 Å². The summed E-state index contributed by atoms with van der Waals surface area (Å²) >= 11 is 0. The summed E-state index contributed by atoms with van der Waals surface area (Å²) in [7, 11) is 0. The highest BCUT2D eigenvalue weighted by Gasteiger charge is 2.92. The minimum absolute atomic E-state index is 0.118. The Hall–Kier alpha value is -2.92. The van der Waals surface area contributed by atoms with Crippen LogP contribution in [0.5, 0.6) is 0 Å². The summed E-state index contributed by atoms with van der Waals surface area (Å²) in [5, 5.41) is 0. The SMILES string of the molecule is CCCC1C23C(=O)OC(=CCCC4CCCCC4)C2(CCC2=C3C=CC3C(C)CC=CC23)C12OC(=O)c1c(CCCN)cccc12. The van der Waals surface area contributed by atoms with E-state index in [2.05, 4.69) is 62.4 Å². The van der Waals surface area contributed by atoms with Crippen molar-refractivity contribution in [3.05, 3.63) is 82.2 Å². The summed E-state index contributed by atoms with van der Waals surface area (Å²) in [6.45, 7) is 5.12.